The van der Waals surface area contributed by atoms with E-state index in [-0.39, 0.29) is 17.1 Å². The third kappa shape index (κ3) is 3.09. The number of furan rings is 1. The van der Waals surface area contributed by atoms with Gasteiger partial charge in [-0.2, -0.15) is 9.97 Å². The van der Waals surface area contributed by atoms with E-state index in [2.05, 4.69) is 15.3 Å². The second-order valence-corrected chi connectivity index (χ2v) is 6.00. The van der Waals surface area contributed by atoms with Gasteiger partial charge in [-0.3, -0.25) is 0 Å². The summed E-state index contributed by atoms with van der Waals surface area (Å²) in [6.45, 7) is 4.70. The van der Waals surface area contributed by atoms with Gasteiger partial charge in [0.1, 0.15) is 17.2 Å². The molecule has 0 saturated heterocycles. The molecule has 8 heteroatoms. The number of anilines is 1. The number of hydrogen-bond acceptors (Lipinski definition) is 5. The van der Waals surface area contributed by atoms with E-state index in [1.807, 2.05) is 19.9 Å². The van der Waals surface area contributed by atoms with Crippen molar-refractivity contribution in [2.45, 2.75) is 39.4 Å². The highest BCUT2D eigenvalue weighted by Gasteiger charge is 2.23. The van der Waals surface area contributed by atoms with Crippen molar-refractivity contribution in [2.75, 3.05) is 5.32 Å². The van der Waals surface area contributed by atoms with Crippen LogP contribution in [0.15, 0.2) is 22.8 Å². The zero-order valence-electron chi connectivity index (χ0n) is 13.5. The molecule has 3 aromatic heterocycles. The van der Waals surface area contributed by atoms with Crippen molar-refractivity contribution in [1.29, 1.82) is 0 Å². The zero-order chi connectivity index (χ0) is 17.3. The molecule has 6 nitrogen and oxygen atoms in total. The standard InChI is InChI=1S/C16H19ClFN5O/c1-3-23-11(7-9(2)19)13(18)12-14(21-16(17)22-15(12)23)20-8-10-5-4-6-24-10/h4-6,9H,3,7-8,19H2,1-2H3,(H,20,21,22). The van der Waals surface area contributed by atoms with E-state index in [0.717, 1.165) is 0 Å². The smallest absolute Gasteiger partial charge is 0.226 e. The van der Waals surface area contributed by atoms with Crippen LogP contribution in [0.4, 0.5) is 10.2 Å². The van der Waals surface area contributed by atoms with Gasteiger partial charge in [0.15, 0.2) is 5.82 Å². The molecule has 0 bridgehead atoms. The van der Waals surface area contributed by atoms with E-state index in [4.69, 9.17) is 21.8 Å². The minimum absolute atomic E-state index is 0.0593. The van der Waals surface area contributed by atoms with E-state index in [0.29, 0.717) is 47.8 Å². The summed E-state index contributed by atoms with van der Waals surface area (Å²) in [5, 5.41) is 3.46. The van der Waals surface area contributed by atoms with Crippen molar-refractivity contribution < 1.29 is 8.81 Å². The maximum Gasteiger partial charge on any atom is 0.226 e. The van der Waals surface area contributed by atoms with Crippen molar-refractivity contribution in [1.82, 2.24) is 14.5 Å². The van der Waals surface area contributed by atoms with E-state index >= 15 is 4.39 Å². The number of halogens is 2. The molecule has 3 heterocycles. The number of hydrogen-bond donors (Lipinski definition) is 2. The molecule has 0 fully saturated rings. The summed E-state index contributed by atoms with van der Waals surface area (Å²) in [5.74, 6) is 0.698. The molecule has 128 valence electrons. The molecule has 0 spiro atoms. The maximum absolute atomic E-state index is 15.0. The Balaban J connectivity index is 2.09. The summed E-state index contributed by atoms with van der Waals surface area (Å²) in [6, 6.07) is 3.44. The van der Waals surface area contributed by atoms with Crippen LogP contribution >= 0.6 is 11.6 Å². The van der Waals surface area contributed by atoms with Gasteiger partial charge in [-0.25, -0.2) is 4.39 Å². The van der Waals surface area contributed by atoms with E-state index in [1.54, 1.807) is 16.9 Å². The first-order valence-corrected chi connectivity index (χ1v) is 8.15. The molecule has 3 rings (SSSR count). The molecule has 0 aromatic carbocycles. The number of fused-ring (bicyclic) bond motifs is 1. The molecular formula is C16H19ClFN5O. The molecule has 0 amide bonds. The van der Waals surface area contributed by atoms with Gasteiger partial charge in [0.2, 0.25) is 5.28 Å². The molecule has 1 unspecified atom stereocenters. The molecule has 3 aromatic rings. The lowest BCUT2D eigenvalue weighted by molar-refractivity contribution is 0.518. The molecule has 0 aliphatic carbocycles. The SMILES string of the molecule is CCn1c(CC(C)N)c(F)c2c(NCc3ccco3)nc(Cl)nc21. The quantitative estimate of drug-likeness (QED) is 0.665. The van der Waals surface area contributed by atoms with Gasteiger partial charge >= 0.3 is 0 Å². The normalized spacial score (nSPS) is 12.7. The second kappa shape index (κ2) is 6.78. The van der Waals surface area contributed by atoms with Gasteiger partial charge in [-0.05, 0) is 37.6 Å². The van der Waals surface area contributed by atoms with Crippen LogP contribution in [-0.2, 0) is 19.5 Å². The molecular weight excluding hydrogens is 333 g/mol. The molecule has 0 radical (unpaired) electrons. The first-order chi connectivity index (χ1) is 11.5. The van der Waals surface area contributed by atoms with Crippen LogP contribution in [0.1, 0.15) is 25.3 Å². The summed E-state index contributed by atoms with van der Waals surface area (Å²) in [4.78, 5) is 8.36. The molecule has 0 saturated carbocycles. The maximum atomic E-state index is 15.0. The first kappa shape index (κ1) is 16.7. The number of rotatable bonds is 6. The molecule has 1 atom stereocenters. The first-order valence-electron chi connectivity index (χ1n) is 7.77. The fourth-order valence-corrected chi connectivity index (χ4v) is 2.93. The third-order valence-electron chi connectivity index (χ3n) is 3.76. The number of nitrogens with one attached hydrogen (secondary N) is 1. The summed E-state index contributed by atoms with van der Waals surface area (Å²) in [5.41, 5.74) is 6.84. The second-order valence-electron chi connectivity index (χ2n) is 5.66. The summed E-state index contributed by atoms with van der Waals surface area (Å²) < 4.78 is 22.1. The Morgan fingerprint density at radius 1 is 1.46 bits per heavy atom. The third-order valence-corrected chi connectivity index (χ3v) is 3.93. The molecule has 24 heavy (non-hydrogen) atoms. The number of aryl methyl sites for hydroxylation is 1. The van der Waals surface area contributed by atoms with Gasteiger partial charge in [-0.1, -0.05) is 0 Å². The lowest BCUT2D eigenvalue weighted by Gasteiger charge is -2.09. The Kier molecular flexibility index (Phi) is 4.73. The average Bonchev–Trinajstić information content (AvgIpc) is 3.12. The molecule has 0 aliphatic rings. The minimum atomic E-state index is -0.359. The van der Waals surface area contributed by atoms with Gasteiger partial charge in [-0.15, -0.1) is 0 Å². The van der Waals surface area contributed by atoms with Crippen LogP contribution < -0.4 is 11.1 Å². The lowest BCUT2D eigenvalue weighted by Crippen LogP contribution is -2.20. The monoisotopic (exact) mass is 351 g/mol. The Bertz CT molecular complexity index is 844. The topological polar surface area (TPSA) is 81.9 Å². The highest BCUT2D eigenvalue weighted by molar-refractivity contribution is 6.28. The van der Waals surface area contributed by atoms with Crippen LogP contribution in [0.25, 0.3) is 11.0 Å². The van der Waals surface area contributed by atoms with E-state index in [9.17, 15) is 0 Å². The number of nitrogens with zero attached hydrogens (tertiary/aromatic N) is 3. The van der Waals surface area contributed by atoms with E-state index < -0.39 is 0 Å². The minimum Gasteiger partial charge on any atom is -0.467 e. The summed E-state index contributed by atoms with van der Waals surface area (Å²) >= 11 is 6.03. The zero-order valence-corrected chi connectivity index (χ0v) is 14.3. The predicted octanol–water partition coefficient (Wildman–Crippen LogP) is 3.34. The van der Waals surface area contributed by atoms with Gasteiger partial charge < -0.3 is 20.0 Å². The highest BCUT2D eigenvalue weighted by Crippen LogP contribution is 2.31. The van der Waals surface area contributed by atoms with Crippen LogP contribution in [-0.4, -0.2) is 20.6 Å². The Morgan fingerprint density at radius 3 is 2.88 bits per heavy atom. The van der Waals surface area contributed by atoms with Gasteiger partial charge in [0.25, 0.3) is 0 Å². The van der Waals surface area contributed by atoms with Crippen molar-refractivity contribution in [2.24, 2.45) is 5.73 Å². The van der Waals surface area contributed by atoms with Crippen LogP contribution in [0.2, 0.25) is 5.28 Å². The van der Waals surface area contributed by atoms with Crippen LogP contribution in [0.3, 0.4) is 0 Å². The lowest BCUT2D eigenvalue weighted by atomic mass is 10.2. The Hall–Kier alpha value is -2.12. The highest BCUT2D eigenvalue weighted by atomic mass is 35.5. The Labute approximate surface area is 143 Å². The predicted molar refractivity (Wildman–Crippen MR) is 91.6 cm³/mol. The summed E-state index contributed by atoms with van der Waals surface area (Å²) in [6.07, 6.45) is 1.99. The van der Waals surface area contributed by atoms with Crippen molar-refractivity contribution in [3.8, 4) is 0 Å². The average molecular weight is 352 g/mol. The van der Waals surface area contributed by atoms with Crippen LogP contribution in [0, 0.1) is 5.82 Å². The van der Waals surface area contributed by atoms with Crippen molar-refractivity contribution >= 4 is 28.5 Å². The largest absolute Gasteiger partial charge is 0.467 e. The van der Waals surface area contributed by atoms with Crippen molar-refractivity contribution in [3.05, 3.63) is 41.0 Å². The van der Waals surface area contributed by atoms with Crippen molar-refractivity contribution in [3.63, 3.8) is 0 Å². The van der Waals surface area contributed by atoms with E-state index in [1.165, 1.54) is 0 Å². The fourth-order valence-electron chi connectivity index (χ4n) is 2.77. The molecule has 0 aliphatic heterocycles. The van der Waals surface area contributed by atoms with Gasteiger partial charge in [0, 0.05) is 19.0 Å². The number of aromatic nitrogens is 3. The van der Waals surface area contributed by atoms with Crippen LogP contribution in [0.5, 0.6) is 0 Å². The number of nitrogens with two attached hydrogens (primary N) is 1. The van der Waals surface area contributed by atoms with Gasteiger partial charge in [0.05, 0.1) is 23.9 Å². The summed E-state index contributed by atoms with van der Waals surface area (Å²) in [7, 11) is 0. The molecule has 3 N–H and O–H groups in total. The Morgan fingerprint density at radius 2 is 2.25 bits per heavy atom. The fraction of sp³-hybridized carbons (Fsp3) is 0.375.